The number of nitrogens with zero attached hydrogens (tertiary/aromatic N) is 2. The number of hydrogen-bond acceptors (Lipinski definition) is 2. The number of aromatic nitrogens is 3. The van der Waals surface area contributed by atoms with Crippen LogP contribution in [0.15, 0.2) is 55.0 Å². The number of rotatable bonds is 3. The number of pyridine rings is 1. The van der Waals surface area contributed by atoms with Gasteiger partial charge in [0.2, 0.25) is 0 Å². The molecule has 0 bridgehead atoms. The van der Waals surface area contributed by atoms with Crippen LogP contribution in [0.5, 0.6) is 0 Å². The second-order valence-electron chi connectivity index (χ2n) is 4.32. The van der Waals surface area contributed by atoms with Crippen LogP contribution in [0.2, 0.25) is 0 Å². The molecule has 0 saturated carbocycles. The lowest BCUT2D eigenvalue weighted by Gasteiger charge is -1.97. The molecule has 0 radical (unpaired) electrons. The lowest BCUT2D eigenvalue weighted by molar-refractivity contribution is 0.627. The van der Waals surface area contributed by atoms with E-state index < -0.39 is 0 Å². The van der Waals surface area contributed by atoms with Gasteiger partial charge in [0.15, 0.2) is 0 Å². The molecule has 0 spiro atoms. The minimum Gasteiger partial charge on any atom is -0.284 e. The fourth-order valence-corrected chi connectivity index (χ4v) is 1.96. The summed E-state index contributed by atoms with van der Waals surface area (Å²) in [5.74, 6) is -0.244. The molecule has 3 rings (SSSR count). The number of H-pyrrole nitrogens is 1. The summed E-state index contributed by atoms with van der Waals surface area (Å²) in [5, 5.41) is 7.07. The Kier molecular flexibility index (Phi) is 3.37. The van der Waals surface area contributed by atoms with E-state index in [2.05, 4.69) is 15.2 Å². The van der Waals surface area contributed by atoms with Gasteiger partial charge in [-0.3, -0.25) is 10.1 Å². The van der Waals surface area contributed by atoms with Crippen LogP contribution in [-0.4, -0.2) is 15.2 Å². The number of hydrogen-bond donors (Lipinski definition) is 1. The molecule has 2 aromatic heterocycles. The van der Waals surface area contributed by atoms with Crippen molar-refractivity contribution in [1.29, 1.82) is 0 Å². The van der Waals surface area contributed by atoms with Crippen molar-refractivity contribution >= 4 is 12.2 Å². The monoisotopic (exact) mass is 265 g/mol. The van der Waals surface area contributed by atoms with Gasteiger partial charge in [-0.25, -0.2) is 4.39 Å². The lowest BCUT2D eigenvalue weighted by atomic mass is 10.1. The molecular formula is C16H12FN3. The molecule has 4 heteroatoms. The maximum atomic E-state index is 13.1. The lowest BCUT2D eigenvalue weighted by Crippen LogP contribution is -1.82. The maximum absolute atomic E-state index is 13.1. The van der Waals surface area contributed by atoms with Crippen molar-refractivity contribution in [3.8, 4) is 11.3 Å². The third kappa shape index (κ3) is 2.64. The zero-order valence-corrected chi connectivity index (χ0v) is 10.6. The Labute approximate surface area is 115 Å². The van der Waals surface area contributed by atoms with Gasteiger partial charge in [0, 0.05) is 29.7 Å². The van der Waals surface area contributed by atoms with E-state index in [0.717, 1.165) is 22.4 Å². The molecule has 0 aliphatic heterocycles. The smallest absolute Gasteiger partial charge is 0.123 e. The van der Waals surface area contributed by atoms with Crippen LogP contribution in [0.3, 0.4) is 0 Å². The normalized spacial score (nSPS) is 11.1. The van der Waals surface area contributed by atoms with Gasteiger partial charge in [-0.15, -0.1) is 0 Å². The summed E-state index contributed by atoms with van der Waals surface area (Å²) in [6.07, 6.45) is 9.04. The van der Waals surface area contributed by atoms with E-state index in [1.165, 1.54) is 12.1 Å². The van der Waals surface area contributed by atoms with Crippen LogP contribution in [0.25, 0.3) is 23.4 Å². The number of halogens is 1. The molecule has 20 heavy (non-hydrogen) atoms. The van der Waals surface area contributed by atoms with Crippen molar-refractivity contribution in [2.45, 2.75) is 0 Å². The summed E-state index contributed by atoms with van der Waals surface area (Å²) in [4.78, 5) is 4.08. The molecule has 3 nitrogen and oxygen atoms in total. The van der Waals surface area contributed by atoms with Crippen molar-refractivity contribution < 1.29 is 4.39 Å². The first-order valence-electron chi connectivity index (χ1n) is 6.21. The van der Waals surface area contributed by atoms with Crippen molar-refractivity contribution in [1.82, 2.24) is 15.2 Å². The van der Waals surface area contributed by atoms with E-state index in [9.17, 15) is 4.39 Å². The first kappa shape index (κ1) is 12.3. The van der Waals surface area contributed by atoms with Crippen LogP contribution >= 0.6 is 0 Å². The van der Waals surface area contributed by atoms with E-state index in [-0.39, 0.29) is 5.82 Å². The predicted molar refractivity (Wildman–Crippen MR) is 77.1 cm³/mol. The largest absolute Gasteiger partial charge is 0.284 e. The van der Waals surface area contributed by atoms with Crippen LogP contribution in [0.4, 0.5) is 4.39 Å². The highest BCUT2D eigenvalue weighted by atomic mass is 19.1. The third-order valence-electron chi connectivity index (χ3n) is 2.91. The van der Waals surface area contributed by atoms with Gasteiger partial charge in [-0.1, -0.05) is 24.3 Å². The molecule has 0 aliphatic rings. The van der Waals surface area contributed by atoms with Crippen molar-refractivity contribution in [3.05, 3.63) is 71.9 Å². The molecule has 3 aromatic rings. The summed E-state index contributed by atoms with van der Waals surface area (Å²) in [5.41, 5.74) is 3.50. The Hall–Kier alpha value is -2.75. The quantitative estimate of drug-likeness (QED) is 0.783. The Morgan fingerprint density at radius 1 is 1.10 bits per heavy atom. The molecule has 0 aliphatic carbocycles. The summed E-state index contributed by atoms with van der Waals surface area (Å²) in [6, 6.07) is 10.3. The highest BCUT2D eigenvalue weighted by molar-refractivity contribution is 5.78. The van der Waals surface area contributed by atoms with Gasteiger partial charge in [0.05, 0.1) is 0 Å². The van der Waals surface area contributed by atoms with E-state index in [0.29, 0.717) is 0 Å². The molecule has 1 N–H and O–H groups in total. The molecule has 0 fully saturated rings. The summed E-state index contributed by atoms with van der Waals surface area (Å²) in [6.45, 7) is 0. The second kappa shape index (κ2) is 5.48. The summed E-state index contributed by atoms with van der Waals surface area (Å²) < 4.78 is 13.1. The van der Waals surface area contributed by atoms with Crippen molar-refractivity contribution in [2.24, 2.45) is 0 Å². The second-order valence-corrected chi connectivity index (χ2v) is 4.32. The molecular weight excluding hydrogens is 253 g/mol. The molecule has 0 saturated heterocycles. The van der Waals surface area contributed by atoms with Crippen LogP contribution in [-0.2, 0) is 0 Å². The predicted octanol–water partition coefficient (Wildman–Crippen LogP) is 3.78. The average molecular weight is 265 g/mol. The van der Waals surface area contributed by atoms with Crippen LogP contribution < -0.4 is 0 Å². The molecule has 1 aromatic carbocycles. The zero-order chi connectivity index (χ0) is 13.8. The van der Waals surface area contributed by atoms with Gasteiger partial charge in [0.25, 0.3) is 0 Å². The third-order valence-corrected chi connectivity index (χ3v) is 2.91. The standard InChI is InChI=1S/C16H12FN3/c17-15-5-1-3-12(9-15)6-7-14-11-19-20-16(14)13-4-2-8-18-10-13/h1-11H,(H,19,20). The highest BCUT2D eigenvalue weighted by Crippen LogP contribution is 2.21. The first-order valence-corrected chi connectivity index (χ1v) is 6.21. The molecule has 0 atom stereocenters. The SMILES string of the molecule is Fc1cccc(C=Cc2c[nH]nc2-c2cccnc2)c1. The summed E-state index contributed by atoms with van der Waals surface area (Å²) in [7, 11) is 0. The molecule has 0 amide bonds. The van der Waals surface area contributed by atoms with E-state index in [1.807, 2.05) is 30.4 Å². The van der Waals surface area contributed by atoms with Gasteiger partial charge in [-0.05, 0) is 29.8 Å². The number of aromatic amines is 1. The van der Waals surface area contributed by atoms with Gasteiger partial charge in [-0.2, -0.15) is 5.10 Å². The Bertz CT molecular complexity index is 732. The van der Waals surface area contributed by atoms with E-state index >= 15 is 0 Å². The highest BCUT2D eigenvalue weighted by Gasteiger charge is 2.05. The summed E-state index contributed by atoms with van der Waals surface area (Å²) >= 11 is 0. The van der Waals surface area contributed by atoms with E-state index in [4.69, 9.17) is 0 Å². The van der Waals surface area contributed by atoms with Gasteiger partial charge >= 0.3 is 0 Å². The fraction of sp³-hybridized carbons (Fsp3) is 0. The minimum atomic E-state index is -0.244. The molecule has 0 unspecified atom stereocenters. The minimum absolute atomic E-state index is 0.244. The first-order chi connectivity index (χ1) is 9.83. The Morgan fingerprint density at radius 2 is 2.05 bits per heavy atom. The maximum Gasteiger partial charge on any atom is 0.123 e. The topological polar surface area (TPSA) is 41.6 Å². The molecule has 98 valence electrons. The van der Waals surface area contributed by atoms with Crippen LogP contribution in [0, 0.1) is 5.82 Å². The van der Waals surface area contributed by atoms with Crippen LogP contribution in [0.1, 0.15) is 11.1 Å². The van der Waals surface area contributed by atoms with Gasteiger partial charge in [0.1, 0.15) is 11.5 Å². The van der Waals surface area contributed by atoms with Crippen molar-refractivity contribution in [2.75, 3.05) is 0 Å². The molecule has 2 heterocycles. The van der Waals surface area contributed by atoms with E-state index in [1.54, 1.807) is 24.7 Å². The average Bonchev–Trinajstić information content (AvgIpc) is 2.95. The number of nitrogens with one attached hydrogen (secondary N) is 1. The fourth-order valence-electron chi connectivity index (χ4n) is 1.96. The number of benzene rings is 1. The van der Waals surface area contributed by atoms with Gasteiger partial charge < -0.3 is 0 Å². The zero-order valence-electron chi connectivity index (χ0n) is 10.6. The Balaban J connectivity index is 1.91. The Morgan fingerprint density at radius 3 is 2.85 bits per heavy atom. The van der Waals surface area contributed by atoms with Crippen molar-refractivity contribution in [3.63, 3.8) is 0 Å².